The summed E-state index contributed by atoms with van der Waals surface area (Å²) in [6.07, 6.45) is 0.888. The minimum Gasteiger partial charge on any atom is -0.326 e. The van der Waals surface area contributed by atoms with Crippen LogP contribution in [0.1, 0.15) is 18.9 Å². The van der Waals surface area contributed by atoms with E-state index in [2.05, 4.69) is 16.0 Å². The summed E-state index contributed by atoms with van der Waals surface area (Å²) in [4.78, 5) is 23.6. The van der Waals surface area contributed by atoms with Crippen molar-refractivity contribution in [3.05, 3.63) is 23.5 Å². The monoisotopic (exact) mass is 291 g/mol. The van der Waals surface area contributed by atoms with E-state index in [0.29, 0.717) is 25.1 Å². The molecule has 0 aromatic heterocycles. The molecule has 1 aromatic rings. The molecular formula is C15H18FN3O2. The average Bonchev–Trinajstić information content (AvgIpc) is 2.86. The maximum Gasteiger partial charge on any atom is 0.229 e. The number of fused-ring (bicyclic) bond motifs is 1. The Kier molecular flexibility index (Phi) is 3.63. The van der Waals surface area contributed by atoms with Crippen LogP contribution < -0.4 is 16.0 Å². The van der Waals surface area contributed by atoms with Gasteiger partial charge in [-0.15, -0.1) is 0 Å². The molecule has 2 aliphatic heterocycles. The second-order valence-corrected chi connectivity index (χ2v) is 5.77. The zero-order chi connectivity index (χ0) is 15.0. The third-order valence-electron chi connectivity index (χ3n) is 4.20. The van der Waals surface area contributed by atoms with Gasteiger partial charge in [-0.2, -0.15) is 0 Å². The fourth-order valence-corrected chi connectivity index (χ4v) is 2.88. The normalized spacial score (nSPS) is 24.4. The Balaban J connectivity index is 1.80. The molecule has 2 atom stereocenters. The molecule has 2 heterocycles. The Labute approximate surface area is 122 Å². The van der Waals surface area contributed by atoms with Crippen molar-refractivity contribution in [2.45, 2.75) is 19.8 Å². The van der Waals surface area contributed by atoms with E-state index in [1.165, 1.54) is 12.1 Å². The molecule has 0 aliphatic carbocycles. The van der Waals surface area contributed by atoms with Crippen molar-refractivity contribution in [1.82, 2.24) is 5.32 Å². The van der Waals surface area contributed by atoms with Crippen LogP contribution in [-0.2, 0) is 16.0 Å². The molecule has 2 aliphatic rings. The van der Waals surface area contributed by atoms with Crippen LogP contribution in [-0.4, -0.2) is 24.9 Å². The van der Waals surface area contributed by atoms with E-state index >= 15 is 0 Å². The van der Waals surface area contributed by atoms with Crippen molar-refractivity contribution < 1.29 is 14.0 Å². The number of carbonyl (C=O) groups excluding carboxylic acids is 2. The van der Waals surface area contributed by atoms with Crippen molar-refractivity contribution in [3.8, 4) is 0 Å². The number of anilines is 2. The molecule has 1 fully saturated rings. The number of amides is 2. The van der Waals surface area contributed by atoms with Gasteiger partial charge in [0.25, 0.3) is 0 Å². The van der Waals surface area contributed by atoms with E-state index in [1.54, 1.807) is 0 Å². The molecule has 0 bridgehead atoms. The van der Waals surface area contributed by atoms with Gasteiger partial charge in [-0.1, -0.05) is 6.92 Å². The van der Waals surface area contributed by atoms with Crippen molar-refractivity contribution in [2.75, 3.05) is 23.7 Å². The van der Waals surface area contributed by atoms with Crippen LogP contribution in [0.15, 0.2) is 12.1 Å². The van der Waals surface area contributed by atoms with Crippen molar-refractivity contribution >= 4 is 23.2 Å². The Morgan fingerprint density at radius 2 is 2.14 bits per heavy atom. The van der Waals surface area contributed by atoms with Gasteiger partial charge < -0.3 is 16.0 Å². The number of nitrogens with one attached hydrogen (secondary N) is 3. The smallest absolute Gasteiger partial charge is 0.229 e. The molecule has 0 radical (unpaired) electrons. The topological polar surface area (TPSA) is 70.2 Å². The van der Waals surface area contributed by atoms with Crippen LogP contribution in [0.2, 0.25) is 0 Å². The minimum absolute atomic E-state index is 0.0833. The molecule has 6 heteroatoms. The molecule has 3 rings (SSSR count). The lowest BCUT2D eigenvalue weighted by Crippen LogP contribution is -2.28. The highest BCUT2D eigenvalue weighted by Gasteiger charge is 2.30. The lowest BCUT2D eigenvalue weighted by atomic mass is 9.97. The molecule has 3 N–H and O–H groups in total. The highest BCUT2D eigenvalue weighted by atomic mass is 19.1. The van der Waals surface area contributed by atoms with Crippen LogP contribution >= 0.6 is 0 Å². The van der Waals surface area contributed by atoms with Gasteiger partial charge in [-0.25, -0.2) is 4.39 Å². The number of carbonyl (C=O) groups is 2. The Hall–Kier alpha value is -1.95. The number of rotatable bonds is 2. The standard InChI is InChI=1S/C15H18FN3O2/c1-8-6-17-7-10(8)15(21)19-13-5-12-9(4-11(13)16)2-3-14(20)18-12/h4-5,8,10,17H,2-3,6-7H2,1H3,(H,18,20)(H,19,21). The number of halogens is 1. The molecule has 1 aromatic carbocycles. The second-order valence-electron chi connectivity index (χ2n) is 5.77. The number of hydrogen-bond acceptors (Lipinski definition) is 3. The van der Waals surface area contributed by atoms with Gasteiger partial charge in [0.15, 0.2) is 0 Å². The Morgan fingerprint density at radius 1 is 1.33 bits per heavy atom. The lowest BCUT2D eigenvalue weighted by molar-refractivity contribution is -0.120. The highest BCUT2D eigenvalue weighted by Crippen LogP contribution is 2.29. The largest absolute Gasteiger partial charge is 0.326 e. The Morgan fingerprint density at radius 3 is 2.86 bits per heavy atom. The van der Waals surface area contributed by atoms with E-state index < -0.39 is 5.82 Å². The van der Waals surface area contributed by atoms with E-state index in [0.717, 1.165) is 12.1 Å². The van der Waals surface area contributed by atoms with Crippen LogP contribution in [0.5, 0.6) is 0 Å². The molecular weight excluding hydrogens is 273 g/mol. The third-order valence-corrected chi connectivity index (χ3v) is 4.20. The van der Waals surface area contributed by atoms with Crippen molar-refractivity contribution in [1.29, 1.82) is 0 Å². The summed E-state index contributed by atoms with van der Waals surface area (Å²) < 4.78 is 14.1. The minimum atomic E-state index is -0.461. The Bertz CT molecular complexity index is 603. The fraction of sp³-hybridized carbons (Fsp3) is 0.467. The summed E-state index contributed by atoms with van der Waals surface area (Å²) >= 11 is 0. The maximum absolute atomic E-state index is 14.1. The first kappa shape index (κ1) is 14.0. The summed E-state index contributed by atoms with van der Waals surface area (Å²) in [5.74, 6) is -0.661. The van der Waals surface area contributed by atoms with Crippen LogP contribution in [0.3, 0.4) is 0 Å². The van der Waals surface area contributed by atoms with E-state index in [1.807, 2.05) is 6.92 Å². The molecule has 5 nitrogen and oxygen atoms in total. The summed E-state index contributed by atoms with van der Waals surface area (Å²) in [6, 6.07) is 2.90. The molecule has 2 unspecified atom stereocenters. The van der Waals surface area contributed by atoms with Gasteiger partial charge >= 0.3 is 0 Å². The van der Waals surface area contributed by atoms with Gasteiger partial charge in [0.05, 0.1) is 11.6 Å². The first-order chi connectivity index (χ1) is 10.0. The molecule has 0 spiro atoms. The maximum atomic E-state index is 14.1. The number of aryl methyl sites for hydroxylation is 1. The SMILES string of the molecule is CC1CNCC1C(=O)Nc1cc2c(cc1F)CCC(=O)N2. The van der Waals surface area contributed by atoms with Gasteiger partial charge in [-0.05, 0) is 36.6 Å². The lowest BCUT2D eigenvalue weighted by Gasteiger charge is -2.20. The number of hydrogen-bond donors (Lipinski definition) is 3. The summed E-state index contributed by atoms with van der Waals surface area (Å²) in [7, 11) is 0. The van der Waals surface area contributed by atoms with Crippen LogP contribution in [0.25, 0.3) is 0 Å². The quantitative estimate of drug-likeness (QED) is 0.773. The molecule has 2 amide bonds. The van der Waals surface area contributed by atoms with Gasteiger partial charge in [-0.3, -0.25) is 9.59 Å². The zero-order valence-corrected chi connectivity index (χ0v) is 11.8. The highest BCUT2D eigenvalue weighted by molar-refractivity contribution is 5.97. The number of benzene rings is 1. The van der Waals surface area contributed by atoms with E-state index in [-0.39, 0.29) is 29.3 Å². The average molecular weight is 291 g/mol. The molecule has 21 heavy (non-hydrogen) atoms. The zero-order valence-electron chi connectivity index (χ0n) is 11.8. The first-order valence-electron chi connectivity index (χ1n) is 7.18. The second kappa shape index (κ2) is 5.44. The van der Waals surface area contributed by atoms with Gasteiger partial charge in [0.1, 0.15) is 5.82 Å². The van der Waals surface area contributed by atoms with Gasteiger partial charge in [0, 0.05) is 18.7 Å². The van der Waals surface area contributed by atoms with Crippen molar-refractivity contribution in [3.63, 3.8) is 0 Å². The fourth-order valence-electron chi connectivity index (χ4n) is 2.88. The third kappa shape index (κ3) is 2.76. The van der Waals surface area contributed by atoms with E-state index in [9.17, 15) is 14.0 Å². The predicted molar refractivity (Wildman–Crippen MR) is 77.5 cm³/mol. The van der Waals surface area contributed by atoms with E-state index in [4.69, 9.17) is 0 Å². The summed E-state index contributed by atoms with van der Waals surface area (Å²) in [5.41, 5.74) is 1.47. The molecule has 112 valence electrons. The molecule has 0 saturated carbocycles. The predicted octanol–water partition coefficient (Wildman–Crippen LogP) is 1.50. The van der Waals surface area contributed by atoms with Crippen LogP contribution in [0, 0.1) is 17.7 Å². The summed E-state index contributed by atoms with van der Waals surface area (Å²) in [5, 5.41) is 8.50. The molecule has 1 saturated heterocycles. The first-order valence-corrected chi connectivity index (χ1v) is 7.18. The summed E-state index contributed by atoms with van der Waals surface area (Å²) in [6.45, 7) is 3.39. The van der Waals surface area contributed by atoms with Crippen molar-refractivity contribution in [2.24, 2.45) is 11.8 Å². The van der Waals surface area contributed by atoms with Crippen LogP contribution in [0.4, 0.5) is 15.8 Å². The van der Waals surface area contributed by atoms with Gasteiger partial charge in [0.2, 0.25) is 11.8 Å².